The highest BCUT2D eigenvalue weighted by Crippen LogP contribution is 2.22. The Morgan fingerprint density at radius 3 is 2.71 bits per heavy atom. The predicted molar refractivity (Wildman–Crippen MR) is 116 cm³/mol. The molecule has 1 aliphatic heterocycles. The fourth-order valence-corrected chi connectivity index (χ4v) is 4.11. The maximum Gasteiger partial charge on any atom is 0.244 e. The molecule has 1 saturated heterocycles. The number of thioether (sulfide) groups is 1. The van der Waals surface area contributed by atoms with Crippen LogP contribution in [0.1, 0.15) is 16.7 Å². The molecule has 0 atom stereocenters. The van der Waals surface area contributed by atoms with Crippen LogP contribution in [-0.4, -0.2) is 48.7 Å². The summed E-state index contributed by atoms with van der Waals surface area (Å²) < 4.78 is 5.50. The molecule has 2 aromatic rings. The number of halogens is 1. The number of hydrogen-bond acceptors (Lipinski definition) is 5. The minimum Gasteiger partial charge on any atom is -0.496 e. The van der Waals surface area contributed by atoms with Crippen LogP contribution in [0.4, 0.5) is 0 Å². The van der Waals surface area contributed by atoms with Crippen LogP contribution in [0.2, 0.25) is 5.02 Å². The topological polar surface area (TPSA) is 53.9 Å². The first kappa shape index (κ1) is 20.7. The summed E-state index contributed by atoms with van der Waals surface area (Å²) >= 11 is 7.85. The summed E-state index contributed by atoms with van der Waals surface area (Å²) in [6.07, 6.45) is 1.92. The van der Waals surface area contributed by atoms with E-state index in [2.05, 4.69) is 21.5 Å². The van der Waals surface area contributed by atoms with Crippen molar-refractivity contribution in [3.8, 4) is 5.75 Å². The van der Waals surface area contributed by atoms with Gasteiger partial charge in [-0.25, -0.2) is 5.43 Å². The second kappa shape index (κ2) is 10.5. The van der Waals surface area contributed by atoms with E-state index in [4.69, 9.17) is 16.3 Å². The quantitative estimate of drug-likeness (QED) is 0.552. The molecule has 0 saturated carbocycles. The molecule has 2 aromatic carbocycles. The Labute approximate surface area is 175 Å². The molecule has 1 N–H and O–H groups in total. The number of amides is 1. The molecule has 3 rings (SSSR count). The molecule has 1 fully saturated rings. The third kappa shape index (κ3) is 6.26. The number of hydrazone groups is 1. The van der Waals surface area contributed by atoms with Gasteiger partial charge in [0.05, 0.1) is 19.7 Å². The van der Waals surface area contributed by atoms with Gasteiger partial charge in [-0.15, -0.1) is 0 Å². The van der Waals surface area contributed by atoms with Gasteiger partial charge in [-0.05, 0) is 41.5 Å². The van der Waals surface area contributed by atoms with Gasteiger partial charge in [-0.2, -0.15) is 16.9 Å². The van der Waals surface area contributed by atoms with Gasteiger partial charge in [0.25, 0.3) is 0 Å². The maximum absolute atomic E-state index is 12.0. The summed E-state index contributed by atoms with van der Waals surface area (Å²) in [5.41, 5.74) is 5.52. The zero-order valence-corrected chi connectivity index (χ0v) is 17.4. The zero-order chi connectivity index (χ0) is 19.8. The van der Waals surface area contributed by atoms with Crippen LogP contribution in [0.5, 0.6) is 5.75 Å². The van der Waals surface area contributed by atoms with Gasteiger partial charge in [0, 0.05) is 41.7 Å². The average molecular weight is 418 g/mol. The van der Waals surface area contributed by atoms with Gasteiger partial charge in [-0.3, -0.25) is 9.69 Å². The maximum atomic E-state index is 12.0. The van der Waals surface area contributed by atoms with Gasteiger partial charge in [-0.1, -0.05) is 23.7 Å². The molecule has 0 aromatic heterocycles. The molecule has 0 unspecified atom stereocenters. The first-order valence-corrected chi connectivity index (χ1v) is 10.7. The van der Waals surface area contributed by atoms with Crippen LogP contribution in [0.25, 0.3) is 0 Å². The molecule has 7 heteroatoms. The summed E-state index contributed by atoms with van der Waals surface area (Å²) in [6, 6.07) is 13.2. The zero-order valence-electron chi connectivity index (χ0n) is 15.9. The number of hydrogen-bond donors (Lipinski definition) is 1. The van der Waals surface area contributed by atoms with E-state index in [-0.39, 0.29) is 12.3 Å². The van der Waals surface area contributed by atoms with Gasteiger partial charge < -0.3 is 4.74 Å². The number of methoxy groups -OCH3 is 1. The smallest absolute Gasteiger partial charge is 0.244 e. The molecule has 1 heterocycles. The van der Waals surface area contributed by atoms with E-state index < -0.39 is 0 Å². The SMILES string of the molecule is COc1ccc(/C=N\NC(=O)Cc2ccc(Cl)cc2)cc1CN1CCSCC1. The van der Waals surface area contributed by atoms with Gasteiger partial charge in [0.15, 0.2) is 0 Å². The Bertz CT molecular complexity index is 821. The summed E-state index contributed by atoms with van der Waals surface area (Å²) in [5, 5.41) is 4.74. The van der Waals surface area contributed by atoms with Crippen LogP contribution in [0.3, 0.4) is 0 Å². The van der Waals surface area contributed by atoms with Crippen LogP contribution in [0.15, 0.2) is 47.6 Å². The Hall–Kier alpha value is -2.02. The van der Waals surface area contributed by atoms with Gasteiger partial charge in [0.2, 0.25) is 5.91 Å². The van der Waals surface area contributed by atoms with Crippen molar-refractivity contribution in [3.05, 3.63) is 64.2 Å². The van der Waals surface area contributed by atoms with Crippen LogP contribution >= 0.6 is 23.4 Å². The number of carbonyl (C=O) groups is 1. The van der Waals surface area contributed by atoms with E-state index >= 15 is 0 Å². The number of ether oxygens (including phenoxy) is 1. The average Bonchev–Trinajstić information content (AvgIpc) is 2.71. The molecular formula is C21H24ClN3O2S. The van der Waals surface area contributed by atoms with Crippen molar-refractivity contribution in [2.45, 2.75) is 13.0 Å². The lowest BCUT2D eigenvalue weighted by Gasteiger charge is -2.26. The lowest BCUT2D eigenvalue weighted by Crippen LogP contribution is -2.32. The predicted octanol–water partition coefficient (Wildman–Crippen LogP) is 3.59. The number of carbonyl (C=O) groups excluding carboxylic acids is 1. The second-order valence-corrected chi connectivity index (χ2v) is 8.22. The highest BCUT2D eigenvalue weighted by Gasteiger charge is 2.13. The summed E-state index contributed by atoms with van der Waals surface area (Å²) in [6.45, 7) is 3.04. The molecule has 0 aliphatic carbocycles. The minimum absolute atomic E-state index is 0.168. The number of nitrogens with zero attached hydrogens (tertiary/aromatic N) is 2. The first-order chi connectivity index (χ1) is 13.6. The van der Waals surface area contributed by atoms with E-state index in [1.807, 2.05) is 36.0 Å². The first-order valence-electron chi connectivity index (χ1n) is 9.17. The van der Waals surface area contributed by atoms with Crippen molar-refractivity contribution in [2.24, 2.45) is 5.10 Å². The van der Waals surface area contributed by atoms with Crippen molar-refractivity contribution in [1.82, 2.24) is 10.3 Å². The van der Waals surface area contributed by atoms with E-state index in [0.717, 1.165) is 42.1 Å². The summed E-state index contributed by atoms with van der Waals surface area (Å²) in [7, 11) is 1.69. The Morgan fingerprint density at radius 2 is 2.00 bits per heavy atom. The Kier molecular flexibility index (Phi) is 7.77. The van der Waals surface area contributed by atoms with Crippen molar-refractivity contribution in [3.63, 3.8) is 0 Å². The molecule has 0 radical (unpaired) electrons. The molecule has 5 nitrogen and oxygen atoms in total. The number of benzene rings is 2. The van der Waals surface area contributed by atoms with E-state index in [1.54, 1.807) is 25.5 Å². The molecule has 1 amide bonds. The Morgan fingerprint density at radius 1 is 1.25 bits per heavy atom. The monoisotopic (exact) mass is 417 g/mol. The van der Waals surface area contributed by atoms with Gasteiger partial charge >= 0.3 is 0 Å². The molecule has 0 spiro atoms. The van der Waals surface area contributed by atoms with E-state index in [9.17, 15) is 4.79 Å². The highest BCUT2D eigenvalue weighted by molar-refractivity contribution is 7.99. The lowest BCUT2D eigenvalue weighted by atomic mass is 10.1. The van der Waals surface area contributed by atoms with Gasteiger partial charge in [0.1, 0.15) is 5.75 Å². The van der Waals surface area contributed by atoms with Crippen molar-refractivity contribution in [2.75, 3.05) is 31.7 Å². The lowest BCUT2D eigenvalue weighted by molar-refractivity contribution is -0.120. The summed E-state index contributed by atoms with van der Waals surface area (Å²) in [5.74, 6) is 3.05. The molecule has 148 valence electrons. The standard InChI is InChI=1S/C21H24ClN3O2S/c1-27-20-7-4-17(12-18(20)15-25-8-10-28-11-9-25)14-23-24-21(26)13-16-2-5-19(22)6-3-16/h2-7,12,14H,8-11,13,15H2,1H3,(H,24,26)/b23-14-. The van der Waals surface area contributed by atoms with Crippen LogP contribution in [0, 0.1) is 0 Å². The minimum atomic E-state index is -0.168. The fourth-order valence-electron chi connectivity index (χ4n) is 3.01. The normalized spacial score (nSPS) is 14.9. The number of rotatable bonds is 7. The summed E-state index contributed by atoms with van der Waals surface area (Å²) in [4.78, 5) is 14.5. The number of nitrogens with one attached hydrogen (secondary N) is 1. The van der Waals surface area contributed by atoms with Crippen LogP contribution in [-0.2, 0) is 17.8 Å². The fraction of sp³-hybridized carbons (Fsp3) is 0.333. The van der Waals surface area contributed by atoms with E-state index in [1.165, 1.54) is 11.5 Å². The second-order valence-electron chi connectivity index (χ2n) is 6.56. The largest absolute Gasteiger partial charge is 0.496 e. The third-order valence-corrected chi connectivity index (χ3v) is 5.68. The highest BCUT2D eigenvalue weighted by atomic mass is 35.5. The molecule has 1 aliphatic rings. The van der Waals surface area contributed by atoms with E-state index in [0.29, 0.717) is 5.02 Å². The molecule has 28 heavy (non-hydrogen) atoms. The molecular weight excluding hydrogens is 394 g/mol. The van der Waals surface area contributed by atoms with Crippen molar-refractivity contribution >= 4 is 35.5 Å². The Balaban J connectivity index is 1.58. The third-order valence-electron chi connectivity index (χ3n) is 4.48. The van der Waals surface area contributed by atoms with Crippen molar-refractivity contribution < 1.29 is 9.53 Å². The molecule has 0 bridgehead atoms. The van der Waals surface area contributed by atoms with Crippen LogP contribution < -0.4 is 10.2 Å². The van der Waals surface area contributed by atoms with Crippen molar-refractivity contribution in [1.29, 1.82) is 0 Å².